The first-order valence-electron chi connectivity index (χ1n) is 4.99. The largest absolute Gasteiger partial charge is 0.394 e. The maximum absolute atomic E-state index is 13.6. The van der Waals surface area contributed by atoms with Crippen LogP contribution in [0.25, 0.3) is 0 Å². The van der Waals surface area contributed by atoms with Gasteiger partial charge in [0.25, 0.3) is 0 Å². The lowest BCUT2D eigenvalue weighted by atomic mass is 10.3. The van der Waals surface area contributed by atoms with Gasteiger partial charge >= 0.3 is 0 Å². The third kappa shape index (κ3) is 2.44. The average Bonchev–Trinajstić information content (AvgIpc) is 3.01. The molecule has 4 nitrogen and oxygen atoms in total. The molecule has 0 amide bonds. The molecule has 0 aliphatic heterocycles. The van der Waals surface area contributed by atoms with Crippen molar-refractivity contribution in [3.63, 3.8) is 0 Å². The molecule has 1 fully saturated rings. The van der Waals surface area contributed by atoms with Crippen LogP contribution in [0.2, 0.25) is 5.02 Å². The summed E-state index contributed by atoms with van der Waals surface area (Å²) >= 11 is 5.52. The fourth-order valence-corrected chi connectivity index (χ4v) is 3.26. The normalized spacial score (nSPS) is 18.1. The van der Waals surface area contributed by atoms with Crippen LogP contribution in [-0.4, -0.2) is 25.7 Å². The molecule has 2 rings (SSSR count). The van der Waals surface area contributed by atoms with Crippen molar-refractivity contribution in [2.24, 2.45) is 0 Å². The van der Waals surface area contributed by atoms with Crippen molar-refractivity contribution in [3.8, 4) is 0 Å². The van der Waals surface area contributed by atoms with Crippen LogP contribution in [0.3, 0.4) is 0 Å². The highest BCUT2D eigenvalue weighted by Crippen LogP contribution is 2.36. The number of aliphatic hydroxyl groups excluding tert-OH is 1. The van der Waals surface area contributed by atoms with E-state index in [1.807, 2.05) is 0 Å². The van der Waals surface area contributed by atoms with Gasteiger partial charge in [-0.2, -0.15) is 0 Å². The molecule has 7 heteroatoms. The van der Waals surface area contributed by atoms with E-state index in [0.717, 1.165) is 6.07 Å². The van der Waals surface area contributed by atoms with Crippen molar-refractivity contribution in [3.05, 3.63) is 29.0 Å². The highest BCUT2D eigenvalue weighted by atomic mass is 35.5. The van der Waals surface area contributed by atoms with Gasteiger partial charge in [-0.25, -0.2) is 17.5 Å². The molecule has 0 heterocycles. The second-order valence-electron chi connectivity index (χ2n) is 4.10. The highest BCUT2D eigenvalue weighted by molar-refractivity contribution is 7.89. The lowest BCUT2D eigenvalue weighted by Crippen LogP contribution is -2.39. The Kier molecular flexibility index (Phi) is 3.15. The summed E-state index contributed by atoms with van der Waals surface area (Å²) in [7, 11) is -3.99. The Balaban J connectivity index is 2.35. The van der Waals surface area contributed by atoms with Gasteiger partial charge in [-0.15, -0.1) is 0 Å². The van der Waals surface area contributed by atoms with Gasteiger partial charge < -0.3 is 5.11 Å². The molecule has 0 bridgehead atoms. The van der Waals surface area contributed by atoms with Crippen LogP contribution in [0.15, 0.2) is 23.1 Å². The van der Waals surface area contributed by atoms with E-state index in [4.69, 9.17) is 16.7 Å². The quantitative estimate of drug-likeness (QED) is 0.873. The zero-order chi connectivity index (χ0) is 12.7. The highest BCUT2D eigenvalue weighted by Gasteiger charge is 2.46. The summed E-state index contributed by atoms with van der Waals surface area (Å²) in [5.74, 6) is -0.976. The lowest BCUT2D eigenvalue weighted by Gasteiger charge is -2.15. The first kappa shape index (κ1) is 12.8. The number of benzene rings is 1. The number of halogens is 2. The predicted octanol–water partition coefficient (Wildman–Crippen LogP) is 1.28. The van der Waals surface area contributed by atoms with Crippen LogP contribution < -0.4 is 4.72 Å². The Bertz CT molecular complexity index is 542. The standard InChI is InChI=1S/C10H11ClFNO3S/c11-7-2-1-3-8(9(7)12)17(15,16)13-10(6-14)4-5-10/h1-3,13-14H,4-6H2. The molecule has 94 valence electrons. The van der Waals surface area contributed by atoms with Crippen molar-refractivity contribution >= 4 is 21.6 Å². The van der Waals surface area contributed by atoms with E-state index in [0.29, 0.717) is 12.8 Å². The molecular formula is C10H11ClFNO3S. The van der Waals surface area contributed by atoms with E-state index >= 15 is 0 Å². The number of aliphatic hydroxyl groups is 1. The second-order valence-corrected chi connectivity index (χ2v) is 6.15. The van der Waals surface area contributed by atoms with Gasteiger partial charge in [0.2, 0.25) is 10.0 Å². The molecule has 1 aliphatic rings. The van der Waals surface area contributed by atoms with E-state index < -0.39 is 26.3 Å². The Morgan fingerprint density at radius 2 is 2.12 bits per heavy atom. The smallest absolute Gasteiger partial charge is 0.244 e. The molecule has 2 N–H and O–H groups in total. The molecule has 17 heavy (non-hydrogen) atoms. The fourth-order valence-electron chi connectivity index (χ4n) is 1.47. The molecule has 0 radical (unpaired) electrons. The monoisotopic (exact) mass is 279 g/mol. The first-order valence-corrected chi connectivity index (χ1v) is 6.85. The third-order valence-electron chi connectivity index (χ3n) is 2.71. The lowest BCUT2D eigenvalue weighted by molar-refractivity contribution is 0.246. The zero-order valence-corrected chi connectivity index (χ0v) is 10.4. The maximum Gasteiger partial charge on any atom is 0.244 e. The van der Waals surface area contributed by atoms with Gasteiger partial charge in [-0.3, -0.25) is 0 Å². The summed E-state index contributed by atoms with van der Waals surface area (Å²) in [6, 6.07) is 3.77. The predicted molar refractivity (Wildman–Crippen MR) is 60.8 cm³/mol. The van der Waals surface area contributed by atoms with Crippen LogP contribution in [0.5, 0.6) is 0 Å². The molecule has 0 atom stereocenters. The van der Waals surface area contributed by atoms with Crippen LogP contribution in [0, 0.1) is 5.82 Å². The van der Waals surface area contributed by atoms with Gasteiger partial charge in [0.1, 0.15) is 4.90 Å². The summed E-state index contributed by atoms with van der Waals surface area (Å²) in [6.07, 6.45) is 1.09. The van der Waals surface area contributed by atoms with E-state index in [2.05, 4.69) is 4.72 Å². The molecule has 1 aromatic rings. The van der Waals surface area contributed by atoms with Gasteiger partial charge in [0.05, 0.1) is 17.2 Å². The van der Waals surface area contributed by atoms with Gasteiger partial charge in [0.15, 0.2) is 5.82 Å². The number of rotatable bonds is 4. The molecule has 1 aliphatic carbocycles. The van der Waals surface area contributed by atoms with Crippen molar-refractivity contribution < 1.29 is 17.9 Å². The maximum atomic E-state index is 13.6. The average molecular weight is 280 g/mol. The van der Waals surface area contributed by atoms with Crippen molar-refractivity contribution in [2.45, 2.75) is 23.3 Å². The second kappa shape index (κ2) is 4.20. The zero-order valence-electron chi connectivity index (χ0n) is 8.78. The molecule has 0 unspecified atom stereocenters. The van der Waals surface area contributed by atoms with Crippen LogP contribution in [-0.2, 0) is 10.0 Å². The van der Waals surface area contributed by atoms with Crippen LogP contribution >= 0.6 is 11.6 Å². The van der Waals surface area contributed by atoms with Crippen molar-refractivity contribution in [1.29, 1.82) is 0 Å². The Morgan fingerprint density at radius 3 is 2.65 bits per heavy atom. The number of hydrogen-bond acceptors (Lipinski definition) is 3. The number of hydrogen-bond donors (Lipinski definition) is 2. The van der Waals surface area contributed by atoms with Crippen LogP contribution in [0.4, 0.5) is 4.39 Å². The SMILES string of the molecule is O=S(=O)(NC1(CO)CC1)c1cccc(Cl)c1F. The molecule has 1 saturated carbocycles. The number of sulfonamides is 1. The molecule has 1 aromatic carbocycles. The summed E-state index contributed by atoms with van der Waals surface area (Å²) < 4.78 is 39.7. The summed E-state index contributed by atoms with van der Waals surface area (Å²) in [6.45, 7) is -0.297. The first-order chi connectivity index (χ1) is 7.90. The van der Waals surface area contributed by atoms with E-state index in [9.17, 15) is 12.8 Å². The Hall–Kier alpha value is -0.690. The molecule has 0 aromatic heterocycles. The third-order valence-corrected chi connectivity index (χ3v) is 4.60. The Morgan fingerprint density at radius 1 is 1.47 bits per heavy atom. The van der Waals surface area contributed by atoms with Gasteiger partial charge in [-0.05, 0) is 25.0 Å². The summed E-state index contributed by atoms with van der Waals surface area (Å²) in [5, 5.41) is 8.80. The van der Waals surface area contributed by atoms with E-state index in [-0.39, 0.29) is 11.6 Å². The van der Waals surface area contributed by atoms with Crippen molar-refractivity contribution in [2.75, 3.05) is 6.61 Å². The van der Waals surface area contributed by atoms with Gasteiger partial charge in [-0.1, -0.05) is 17.7 Å². The molecular weight excluding hydrogens is 269 g/mol. The minimum Gasteiger partial charge on any atom is -0.394 e. The Labute approximate surface area is 103 Å². The van der Waals surface area contributed by atoms with Gasteiger partial charge in [0, 0.05) is 0 Å². The summed E-state index contributed by atoms with van der Waals surface area (Å²) in [5.41, 5.74) is -0.826. The minimum atomic E-state index is -3.99. The van der Waals surface area contributed by atoms with Crippen LogP contribution in [0.1, 0.15) is 12.8 Å². The van der Waals surface area contributed by atoms with E-state index in [1.165, 1.54) is 12.1 Å². The van der Waals surface area contributed by atoms with Crippen molar-refractivity contribution in [1.82, 2.24) is 4.72 Å². The molecule has 0 spiro atoms. The minimum absolute atomic E-state index is 0.248. The molecule has 0 saturated heterocycles. The number of nitrogens with one attached hydrogen (secondary N) is 1. The summed E-state index contributed by atoms with van der Waals surface area (Å²) in [4.78, 5) is -0.496. The van der Waals surface area contributed by atoms with E-state index in [1.54, 1.807) is 0 Å². The topological polar surface area (TPSA) is 66.4 Å². The fraction of sp³-hybridized carbons (Fsp3) is 0.400.